The molecule has 4 heteroatoms. The SMILES string of the molecule is CC(C)(C)c1c[nH]c(=S)n1CC1CCOCC1. The van der Waals surface area contributed by atoms with Crippen LogP contribution in [-0.2, 0) is 16.7 Å². The van der Waals surface area contributed by atoms with Gasteiger partial charge in [-0.3, -0.25) is 0 Å². The molecule has 0 amide bonds. The number of imidazole rings is 1. The largest absolute Gasteiger partial charge is 0.381 e. The molecule has 0 atom stereocenters. The summed E-state index contributed by atoms with van der Waals surface area (Å²) in [5.74, 6) is 0.701. The second-order valence-corrected chi connectivity index (χ2v) is 6.28. The average Bonchev–Trinajstić information content (AvgIpc) is 2.62. The molecule has 1 N–H and O–H groups in total. The number of nitrogens with zero attached hydrogens (tertiary/aromatic N) is 1. The van der Waals surface area contributed by atoms with Gasteiger partial charge in [0.15, 0.2) is 4.77 Å². The van der Waals surface area contributed by atoms with E-state index in [-0.39, 0.29) is 5.41 Å². The molecule has 1 aromatic heterocycles. The van der Waals surface area contributed by atoms with Crippen LogP contribution in [0.25, 0.3) is 0 Å². The highest BCUT2D eigenvalue weighted by molar-refractivity contribution is 7.71. The van der Waals surface area contributed by atoms with E-state index >= 15 is 0 Å². The smallest absolute Gasteiger partial charge is 0.177 e. The van der Waals surface area contributed by atoms with Gasteiger partial charge in [-0.05, 0) is 31.0 Å². The first-order valence-corrected chi connectivity index (χ1v) is 6.76. The minimum atomic E-state index is 0.138. The summed E-state index contributed by atoms with van der Waals surface area (Å²) in [6.45, 7) is 9.50. The van der Waals surface area contributed by atoms with Gasteiger partial charge in [0.2, 0.25) is 0 Å². The van der Waals surface area contributed by atoms with Gasteiger partial charge in [0.25, 0.3) is 0 Å². The molecule has 1 fully saturated rings. The van der Waals surface area contributed by atoms with Crippen molar-refractivity contribution < 1.29 is 4.74 Å². The van der Waals surface area contributed by atoms with Crippen molar-refractivity contribution in [2.75, 3.05) is 13.2 Å². The number of nitrogens with one attached hydrogen (secondary N) is 1. The first-order chi connectivity index (χ1) is 7.98. The number of hydrogen-bond donors (Lipinski definition) is 1. The van der Waals surface area contributed by atoms with Gasteiger partial charge in [-0.2, -0.15) is 0 Å². The van der Waals surface area contributed by atoms with Gasteiger partial charge < -0.3 is 14.3 Å². The topological polar surface area (TPSA) is 29.9 Å². The predicted octanol–water partition coefficient (Wildman–Crippen LogP) is 3.27. The van der Waals surface area contributed by atoms with Crippen LogP contribution in [0.1, 0.15) is 39.3 Å². The third kappa shape index (κ3) is 2.99. The average molecular weight is 254 g/mol. The van der Waals surface area contributed by atoms with Crippen molar-refractivity contribution in [3.05, 3.63) is 16.7 Å². The van der Waals surface area contributed by atoms with E-state index in [1.165, 1.54) is 5.69 Å². The molecule has 1 saturated heterocycles. The number of hydrogen-bond acceptors (Lipinski definition) is 2. The molecule has 1 aliphatic heterocycles. The van der Waals surface area contributed by atoms with Gasteiger partial charge in [0.05, 0.1) is 0 Å². The van der Waals surface area contributed by atoms with Gasteiger partial charge >= 0.3 is 0 Å². The maximum atomic E-state index is 5.40. The zero-order chi connectivity index (χ0) is 12.5. The molecule has 2 heterocycles. The number of H-pyrrole nitrogens is 1. The third-order valence-corrected chi connectivity index (χ3v) is 3.76. The standard InChI is InChI=1S/C13H22N2OS/c1-13(2,3)11-8-14-12(17)15(11)9-10-4-6-16-7-5-10/h8,10H,4-7,9H2,1-3H3,(H,14,17). The molecule has 2 rings (SSSR count). The molecule has 1 aromatic rings. The Bertz CT molecular complexity index is 421. The lowest BCUT2D eigenvalue weighted by Crippen LogP contribution is -2.24. The molecule has 0 saturated carbocycles. The summed E-state index contributed by atoms with van der Waals surface area (Å²) < 4.78 is 8.52. The van der Waals surface area contributed by atoms with Crippen LogP contribution >= 0.6 is 12.2 Å². The fraction of sp³-hybridized carbons (Fsp3) is 0.769. The maximum Gasteiger partial charge on any atom is 0.177 e. The van der Waals surface area contributed by atoms with Crippen molar-refractivity contribution in [3.8, 4) is 0 Å². The highest BCUT2D eigenvalue weighted by Gasteiger charge is 2.22. The van der Waals surface area contributed by atoms with Crippen molar-refractivity contribution in [1.29, 1.82) is 0 Å². The van der Waals surface area contributed by atoms with Crippen LogP contribution in [0.4, 0.5) is 0 Å². The second-order valence-electron chi connectivity index (χ2n) is 5.90. The van der Waals surface area contributed by atoms with Gasteiger partial charge in [-0.15, -0.1) is 0 Å². The maximum absolute atomic E-state index is 5.40. The molecule has 0 aliphatic carbocycles. The zero-order valence-electron chi connectivity index (χ0n) is 11.0. The molecule has 0 unspecified atom stereocenters. The summed E-state index contributed by atoms with van der Waals surface area (Å²) in [6, 6.07) is 0. The molecule has 0 bridgehead atoms. The van der Waals surface area contributed by atoms with Gasteiger partial charge in [-0.25, -0.2) is 0 Å². The quantitative estimate of drug-likeness (QED) is 0.821. The normalized spacial score (nSPS) is 18.5. The van der Waals surface area contributed by atoms with Crippen LogP contribution in [0.5, 0.6) is 0 Å². The highest BCUT2D eigenvalue weighted by atomic mass is 32.1. The van der Waals surface area contributed by atoms with Gasteiger partial charge in [0, 0.05) is 37.1 Å². The lowest BCUT2D eigenvalue weighted by molar-refractivity contribution is 0.0607. The Morgan fingerprint density at radius 1 is 1.41 bits per heavy atom. The molecular weight excluding hydrogens is 232 g/mol. The van der Waals surface area contributed by atoms with E-state index in [2.05, 4.69) is 36.5 Å². The predicted molar refractivity (Wildman–Crippen MR) is 71.9 cm³/mol. The van der Waals surface area contributed by atoms with E-state index in [1.54, 1.807) is 0 Å². The summed E-state index contributed by atoms with van der Waals surface area (Å²) in [7, 11) is 0. The number of ether oxygens (including phenoxy) is 1. The molecule has 96 valence electrons. The van der Waals surface area contributed by atoms with E-state index in [1.807, 2.05) is 0 Å². The second kappa shape index (κ2) is 4.94. The minimum Gasteiger partial charge on any atom is -0.381 e. The first-order valence-electron chi connectivity index (χ1n) is 6.35. The van der Waals surface area contributed by atoms with Crippen molar-refractivity contribution in [2.45, 2.75) is 45.6 Å². The summed E-state index contributed by atoms with van der Waals surface area (Å²) in [4.78, 5) is 3.18. The van der Waals surface area contributed by atoms with E-state index in [4.69, 9.17) is 17.0 Å². The van der Waals surface area contributed by atoms with Crippen LogP contribution in [0, 0.1) is 10.7 Å². The van der Waals surface area contributed by atoms with E-state index in [0.717, 1.165) is 37.4 Å². The Morgan fingerprint density at radius 2 is 2.06 bits per heavy atom. The minimum absolute atomic E-state index is 0.138. The fourth-order valence-corrected chi connectivity index (χ4v) is 2.62. The molecule has 0 aromatic carbocycles. The molecular formula is C13H22N2OS. The van der Waals surface area contributed by atoms with Crippen LogP contribution in [0.3, 0.4) is 0 Å². The highest BCUT2D eigenvalue weighted by Crippen LogP contribution is 2.25. The summed E-state index contributed by atoms with van der Waals surface area (Å²) in [5.41, 5.74) is 1.44. The van der Waals surface area contributed by atoms with Crippen LogP contribution in [0.15, 0.2) is 6.20 Å². The lowest BCUT2D eigenvalue weighted by atomic mass is 9.92. The van der Waals surface area contributed by atoms with Crippen molar-refractivity contribution in [3.63, 3.8) is 0 Å². The Hall–Kier alpha value is -0.610. The van der Waals surface area contributed by atoms with E-state index < -0.39 is 0 Å². The Labute approximate surface area is 108 Å². The van der Waals surface area contributed by atoms with E-state index in [9.17, 15) is 0 Å². The number of aromatic nitrogens is 2. The molecule has 1 aliphatic rings. The fourth-order valence-electron chi connectivity index (χ4n) is 2.39. The number of aromatic amines is 1. The van der Waals surface area contributed by atoms with Crippen molar-refractivity contribution in [2.24, 2.45) is 5.92 Å². The molecule has 3 nitrogen and oxygen atoms in total. The monoisotopic (exact) mass is 254 g/mol. The van der Waals surface area contributed by atoms with Crippen molar-refractivity contribution in [1.82, 2.24) is 9.55 Å². The first kappa shape index (κ1) is 12.8. The van der Waals surface area contributed by atoms with Gasteiger partial charge in [-0.1, -0.05) is 20.8 Å². The summed E-state index contributed by atoms with van der Waals surface area (Å²) >= 11 is 5.39. The Morgan fingerprint density at radius 3 is 2.65 bits per heavy atom. The van der Waals surface area contributed by atoms with Gasteiger partial charge in [0.1, 0.15) is 0 Å². The number of rotatable bonds is 2. The molecule has 0 radical (unpaired) electrons. The zero-order valence-corrected chi connectivity index (χ0v) is 11.8. The van der Waals surface area contributed by atoms with Crippen LogP contribution in [0.2, 0.25) is 0 Å². The molecule has 0 spiro atoms. The van der Waals surface area contributed by atoms with Crippen molar-refractivity contribution >= 4 is 12.2 Å². The summed E-state index contributed by atoms with van der Waals surface area (Å²) in [5, 5.41) is 0. The Balaban J connectivity index is 2.19. The van der Waals surface area contributed by atoms with E-state index in [0.29, 0.717) is 5.92 Å². The van der Waals surface area contributed by atoms with Crippen LogP contribution in [-0.4, -0.2) is 22.8 Å². The lowest BCUT2D eigenvalue weighted by Gasteiger charge is -2.26. The van der Waals surface area contributed by atoms with Crippen LogP contribution < -0.4 is 0 Å². The molecule has 17 heavy (non-hydrogen) atoms. The Kier molecular flexibility index (Phi) is 3.73. The third-order valence-electron chi connectivity index (χ3n) is 3.42. The summed E-state index contributed by atoms with van der Waals surface area (Å²) in [6.07, 6.45) is 4.36.